The summed E-state index contributed by atoms with van der Waals surface area (Å²) in [6, 6.07) is 5.83. The molecule has 1 aromatic carbocycles. The zero-order chi connectivity index (χ0) is 18.3. The second-order valence-corrected chi connectivity index (χ2v) is 8.54. The smallest absolute Gasteiger partial charge is 0.279 e. The molecule has 4 rings (SSSR count). The molecule has 1 aliphatic rings. The summed E-state index contributed by atoms with van der Waals surface area (Å²) in [4.78, 5) is 25.3. The van der Waals surface area contributed by atoms with E-state index in [0.29, 0.717) is 14.1 Å². The van der Waals surface area contributed by atoms with Crippen LogP contribution in [0.15, 0.2) is 63.7 Å². The molecule has 0 bridgehead atoms. The van der Waals surface area contributed by atoms with Gasteiger partial charge in [-0.3, -0.25) is 9.59 Å². The molecule has 2 atom stereocenters. The first kappa shape index (κ1) is 17.1. The topological polar surface area (TPSA) is 63.7 Å². The summed E-state index contributed by atoms with van der Waals surface area (Å²) in [5, 5.41) is 12.3. The Labute approximate surface area is 153 Å². The average Bonchev–Trinajstić information content (AvgIpc) is 3.16. The van der Waals surface area contributed by atoms with E-state index in [-0.39, 0.29) is 22.9 Å². The van der Waals surface area contributed by atoms with Crippen molar-refractivity contribution in [1.82, 2.24) is 8.97 Å². The minimum atomic E-state index is -0.529. The van der Waals surface area contributed by atoms with E-state index < -0.39 is 16.7 Å². The van der Waals surface area contributed by atoms with Gasteiger partial charge in [0.2, 0.25) is 5.43 Å². The normalized spacial score (nSPS) is 17.3. The van der Waals surface area contributed by atoms with Crippen LogP contribution < -0.4 is 11.0 Å². The Balaban J connectivity index is 1.81. The van der Waals surface area contributed by atoms with Crippen LogP contribution in [-0.4, -0.2) is 14.1 Å². The number of pyridine rings is 1. The van der Waals surface area contributed by atoms with Gasteiger partial charge >= 0.3 is 0 Å². The lowest BCUT2D eigenvalue weighted by molar-refractivity contribution is 0.471. The van der Waals surface area contributed by atoms with Crippen LogP contribution in [0.25, 0.3) is 5.52 Å². The zero-order valence-corrected chi connectivity index (χ0v) is 15.2. The van der Waals surface area contributed by atoms with Crippen LogP contribution in [0.3, 0.4) is 0 Å². The van der Waals surface area contributed by atoms with Crippen LogP contribution in [0.2, 0.25) is 0 Å². The van der Waals surface area contributed by atoms with Crippen LogP contribution in [0.1, 0.15) is 16.1 Å². The lowest BCUT2D eigenvalue weighted by atomic mass is 10.2. The Bertz CT molecular complexity index is 1130. The average molecular weight is 388 g/mol. The second-order valence-electron chi connectivity index (χ2n) is 5.86. The van der Waals surface area contributed by atoms with Gasteiger partial charge in [-0.2, -0.15) is 0 Å². The quantitative estimate of drug-likeness (QED) is 0.700. The van der Waals surface area contributed by atoms with Crippen LogP contribution in [0.5, 0.6) is 5.75 Å². The van der Waals surface area contributed by atoms with E-state index in [4.69, 9.17) is 0 Å². The predicted octanol–water partition coefficient (Wildman–Crippen LogP) is 3.25. The summed E-state index contributed by atoms with van der Waals surface area (Å²) in [7, 11) is 0.460. The molecule has 8 heteroatoms. The SMILES string of the molecule is O=c1c(C2PC=CS2)cn2ccn(Cc3ccc(F)cc3)c(=O)c2c1O. The molecule has 132 valence electrons. The Kier molecular flexibility index (Phi) is 4.42. The first-order valence-electron chi connectivity index (χ1n) is 7.83. The van der Waals surface area contributed by atoms with Gasteiger partial charge in [0.25, 0.3) is 5.56 Å². The minimum absolute atomic E-state index is 0.0213. The van der Waals surface area contributed by atoms with E-state index in [2.05, 4.69) is 0 Å². The van der Waals surface area contributed by atoms with Gasteiger partial charge in [0.05, 0.1) is 11.5 Å². The highest BCUT2D eigenvalue weighted by molar-refractivity contribution is 8.08. The lowest BCUT2D eigenvalue weighted by Gasteiger charge is -2.13. The number of rotatable bonds is 3. The fourth-order valence-corrected chi connectivity index (χ4v) is 5.32. The molecule has 0 radical (unpaired) electrons. The number of aromatic nitrogens is 2. The summed E-state index contributed by atoms with van der Waals surface area (Å²) < 4.78 is 15.9. The van der Waals surface area contributed by atoms with Crippen molar-refractivity contribution in [3.63, 3.8) is 0 Å². The van der Waals surface area contributed by atoms with Crippen LogP contribution >= 0.6 is 20.3 Å². The molecular formula is C18H14FN2O3PS. The number of nitrogens with zero attached hydrogens (tertiary/aromatic N) is 2. The Hall–Kier alpha value is -2.37. The van der Waals surface area contributed by atoms with E-state index in [1.807, 2.05) is 11.2 Å². The molecule has 0 saturated carbocycles. The Morgan fingerprint density at radius 1 is 1.19 bits per heavy atom. The van der Waals surface area contributed by atoms with E-state index in [1.165, 1.54) is 32.9 Å². The lowest BCUT2D eigenvalue weighted by Crippen LogP contribution is -2.25. The number of hydrogen-bond donors (Lipinski definition) is 1. The third-order valence-corrected chi connectivity index (χ3v) is 7.04. The molecule has 0 aliphatic carbocycles. The van der Waals surface area contributed by atoms with Gasteiger partial charge in [0.15, 0.2) is 11.3 Å². The molecule has 2 unspecified atom stereocenters. The molecule has 2 aromatic heterocycles. The van der Waals surface area contributed by atoms with Crippen molar-refractivity contribution in [3.05, 3.63) is 91.6 Å². The molecule has 0 saturated heterocycles. The van der Waals surface area contributed by atoms with Crippen molar-refractivity contribution >= 4 is 25.9 Å². The second kappa shape index (κ2) is 6.74. The minimum Gasteiger partial charge on any atom is -0.503 e. The first-order valence-corrected chi connectivity index (χ1v) is 9.92. The van der Waals surface area contributed by atoms with Crippen molar-refractivity contribution in [3.8, 4) is 5.75 Å². The maximum Gasteiger partial charge on any atom is 0.279 e. The fraction of sp³-hybridized carbons (Fsp3) is 0.111. The molecule has 26 heavy (non-hydrogen) atoms. The molecule has 3 heterocycles. The third-order valence-electron chi connectivity index (χ3n) is 4.19. The first-order chi connectivity index (χ1) is 12.5. The predicted molar refractivity (Wildman–Crippen MR) is 103 cm³/mol. The number of benzene rings is 1. The fourth-order valence-electron chi connectivity index (χ4n) is 2.87. The number of hydrogen-bond acceptors (Lipinski definition) is 4. The summed E-state index contributed by atoms with van der Waals surface area (Å²) in [5.41, 5.74) is 0.200. The standard InChI is InChI=1S/C18H14FN2O3PS/c19-12-3-1-11(2-4-12)9-21-6-5-20-10-13(18-25-7-8-26-18)15(22)16(23)14(20)17(21)24/h1-8,10,18,23,25H,9H2. The van der Waals surface area contributed by atoms with Crippen molar-refractivity contribution in [2.24, 2.45) is 0 Å². The van der Waals surface area contributed by atoms with E-state index >= 15 is 0 Å². The van der Waals surface area contributed by atoms with Crippen LogP contribution in [0.4, 0.5) is 4.39 Å². The van der Waals surface area contributed by atoms with Gasteiger partial charge in [-0.1, -0.05) is 26.5 Å². The molecule has 0 spiro atoms. The highest BCUT2D eigenvalue weighted by Gasteiger charge is 2.22. The van der Waals surface area contributed by atoms with Gasteiger partial charge in [0, 0.05) is 24.2 Å². The maximum absolute atomic E-state index is 13.0. The van der Waals surface area contributed by atoms with Gasteiger partial charge in [-0.25, -0.2) is 4.39 Å². The molecule has 1 N–H and O–H groups in total. The Morgan fingerprint density at radius 2 is 1.96 bits per heavy atom. The van der Waals surface area contributed by atoms with E-state index in [0.717, 1.165) is 5.56 Å². The number of halogens is 1. The summed E-state index contributed by atoms with van der Waals surface area (Å²) >= 11 is 1.53. The largest absolute Gasteiger partial charge is 0.503 e. The monoisotopic (exact) mass is 388 g/mol. The molecule has 0 fully saturated rings. The molecule has 3 aromatic rings. The summed E-state index contributed by atoms with van der Waals surface area (Å²) in [5.74, 6) is 1.12. The molecule has 5 nitrogen and oxygen atoms in total. The number of fused-ring (bicyclic) bond motifs is 1. The zero-order valence-electron chi connectivity index (χ0n) is 13.4. The van der Waals surface area contributed by atoms with E-state index in [9.17, 15) is 19.1 Å². The molecule has 1 aliphatic heterocycles. The van der Waals surface area contributed by atoms with Gasteiger partial charge < -0.3 is 14.1 Å². The van der Waals surface area contributed by atoms with Crippen LogP contribution in [-0.2, 0) is 6.54 Å². The van der Waals surface area contributed by atoms with E-state index in [1.54, 1.807) is 30.7 Å². The van der Waals surface area contributed by atoms with Crippen molar-refractivity contribution in [2.45, 2.75) is 11.5 Å². The maximum atomic E-state index is 13.0. The van der Waals surface area contributed by atoms with Crippen molar-refractivity contribution in [2.75, 3.05) is 0 Å². The highest BCUT2D eigenvalue weighted by Crippen LogP contribution is 2.50. The molecule has 0 amide bonds. The van der Waals surface area contributed by atoms with Crippen LogP contribution in [0, 0.1) is 5.82 Å². The highest BCUT2D eigenvalue weighted by atomic mass is 32.2. The molecular weight excluding hydrogens is 374 g/mol. The van der Waals surface area contributed by atoms with Gasteiger partial charge in [0.1, 0.15) is 5.82 Å². The number of aromatic hydroxyl groups is 1. The van der Waals surface area contributed by atoms with Crippen molar-refractivity contribution < 1.29 is 9.50 Å². The summed E-state index contributed by atoms with van der Waals surface area (Å²) in [6.07, 6.45) is 4.85. The third kappa shape index (κ3) is 2.97. The number of thioether (sulfide) groups is 1. The van der Waals surface area contributed by atoms with Crippen molar-refractivity contribution in [1.29, 1.82) is 0 Å². The Morgan fingerprint density at radius 3 is 2.65 bits per heavy atom. The van der Waals surface area contributed by atoms with Gasteiger partial charge in [-0.15, -0.1) is 11.8 Å². The summed E-state index contributed by atoms with van der Waals surface area (Å²) in [6.45, 7) is 0.217. The van der Waals surface area contributed by atoms with Gasteiger partial charge in [-0.05, 0) is 23.1 Å².